The van der Waals surface area contributed by atoms with Gasteiger partial charge in [0.25, 0.3) is 0 Å². The first-order valence-corrected chi connectivity index (χ1v) is 10.6. The van der Waals surface area contributed by atoms with Crippen LogP contribution in [-0.2, 0) is 4.79 Å². The lowest BCUT2D eigenvalue weighted by Crippen LogP contribution is -2.28. The molecule has 0 heterocycles. The molecule has 2 N–H and O–H groups in total. The fraction of sp³-hybridized carbons (Fsp3) is 0.952. The number of hydrogen-bond donors (Lipinski definition) is 2. The van der Waals surface area contributed by atoms with Crippen molar-refractivity contribution in [2.24, 2.45) is 5.92 Å². The van der Waals surface area contributed by atoms with Crippen molar-refractivity contribution in [3.63, 3.8) is 0 Å². The lowest BCUT2D eigenvalue weighted by atomic mass is 9.96. The zero-order valence-corrected chi connectivity index (χ0v) is 16.5. The summed E-state index contributed by atoms with van der Waals surface area (Å²) in [6, 6.07) is 0. The lowest BCUT2D eigenvalue weighted by molar-refractivity contribution is -0.125. The molecule has 1 unspecified atom stereocenters. The Hall–Kier alpha value is -0.570. The van der Waals surface area contributed by atoms with Gasteiger partial charge in [0.05, 0.1) is 0 Å². The quantitative estimate of drug-likeness (QED) is 0.319. The van der Waals surface area contributed by atoms with E-state index >= 15 is 0 Å². The zero-order valence-electron chi connectivity index (χ0n) is 16.5. The maximum Gasteiger partial charge on any atom is 0.222 e. The fourth-order valence-corrected chi connectivity index (χ4v) is 3.35. The van der Waals surface area contributed by atoms with Crippen molar-refractivity contribution in [3.8, 4) is 0 Å². The summed E-state index contributed by atoms with van der Waals surface area (Å²) < 4.78 is 0. The van der Waals surface area contributed by atoms with Gasteiger partial charge in [-0.2, -0.15) is 0 Å². The number of carbonyl (C=O) groups is 1. The highest BCUT2D eigenvalue weighted by atomic mass is 16.3. The van der Waals surface area contributed by atoms with E-state index in [1.54, 1.807) is 7.05 Å². The highest BCUT2D eigenvalue weighted by molar-refractivity contribution is 5.78. The fourth-order valence-electron chi connectivity index (χ4n) is 3.35. The topological polar surface area (TPSA) is 49.3 Å². The number of carbonyl (C=O) groups excluding carboxylic acids is 1. The van der Waals surface area contributed by atoms with Crippen LogP contribution in [0.1, 0.15) is 110 Å². The van der Waals surface area contributed by atoms with Crippen LogP contribution in [0.3, 0.4) is 0 Å². The van der Waals surface area contributed by atoms with Gasteiger partial charge in [-0.25, -0.2) is 0 Å². The largest absolute Gasteiger partial charge is 0.396 e. The lowest BCUT2D eigenvalue weighted by Gasteiger charge is -2.13. The summed E-state index contributed by atoms with van der Waals surface area (Å²) in [6.07, 6.45) is 20.5. The average Bonchev–Trinajstić information content (AvgIpc) is 2.60. The number of nitrogens with one attached hydrogen (secondary N) is 1. The molecule has 0 aromatic carbocycles. The van der Waals surface area contributed by atoms with E-state index in [0.29, 0.717) is 6.42 Å². The molecule has 0 aliphatic rings. The second-order valence-electron chi connectivity index (χ2n) is 7.21. The molecular weight excluding hydrogens is 298 g/mol. The van der Waals surface area contributed by atoms with Crippen LogP contribution in [0.2, 0.25) is 0 Å². The molecule has 0 radical (unpaired) electrons. The van der Waals surface area contributed by atoms with Crippen molar-refractivity contribution < 1.29 is 9.90 Å². The number of rotatable bonds is 18. The van der Waals surface area contributed by atoms with Gasteiger partial charge in [0.2, 0.25) is 5.91 Å². The van der Waals surface area contributed by atoms with Crippen molar-refractivity contribution in [1.29, 1.82) is 0 Å². The molecule has 3 heteroatoms. The highest BCUT2D eigenvalue weighted by Crippen LogP contribution is 2.16. The summed E-state index contributed by atoms with van der Waals surface area (Å²) in [5, 5.41) is 11.7. The van der Waals surface area contributed by atoms with Gasteiger partial charge >= 0.3 is 0 Å². The van der Waals surface area contributed by atoms with E-state index < -0.39 is 0 Å². The molecule has 0 rings (SSSR count). The predicted octanol–water partition coefficient (Wildman–Crippen LogP) is 5.60. The second-order valence-corrected chi connectivity index (χ2v) is 7.21. The number of hydrogen-bond acceptors (Lipinski definition) is 2. The van der Waals surface area contributed by atoms with Crippen molar-refractivity contribution in [3.05, 3.63) is 0 Å². The van der Waals surface area contributed by atoms with E-state index in [1.807, 2.05) is 0 Å². The van der Waals surface area contributed by atoms with Gasteiger partial charge in [0.15, 0.2) is 0 Å². The van der Waals surface area contributed by atoms with E-state index in [0.717, 1.165) is 12.8 Å². The van der Waals surface area contributed by atoms with E-state index in [-0.39, 0.29) is 18.4 Å². The van der Waals surface area contributed by atoms with Crippen LogP contribution in [0.4, 0.5) is 0 Å². The van der Waals surface area contributed by atoms with Crippen LogP contribution in [-0.4, -0.2) is 24.7 Å². The number of amides is 1. The monoisotopic (exact) mass is 341 g/mol. The Kier molecular flexibility index (Phi) is 18.3. The molecule has 3 nitrogen and oxygen atoms in total. The Morgan fingerprint density at radius 2 is 1.17 bits per heavy atom. The summed E-state index contributed by atoms with van der Waals surface area (Å²) in [5.41, 5.74) is 0. The van der Waals surface area contributed by atoms with E-state index in [2.05, 4.69) is 12.2 Å². The first-order valence-electron chi connectivity index (χ1n) is 10.6. The van der Waals surface area contributed by atoms with Gasteiger partial charge in [0, 0.05) is 19.6 Å². The van der Waals surface area contributed by atoms with Gasteiger partial charge in [-0.1, -0.05) is 96.8 Å². The molecule has 24 heavy (non-hydrogen) atoms. The van der Waals surface area contributed by atoms with Gasteiger partial charge in [-0.15, -0.1) is 0 Å². The maximum absolute atomic E-state index is 11.6. The molecule has 0 aromatic rings. The van der Waals surface area contributed by atoms with Gasteiger partial charge in [0.1, 0.15) is 0 Å². The van der Waals surface area contributed by atoms with Gasteiger partial charge in [-0.05, 0) is 12.8 Å². The van der Waals surface area contributed by atoms with Crippen LogP contribution in [0, 0.1) is 5.92 Å². The van der Waals surface area contributed by atoms with Crippen molar-refractivity contribution in [2.75, 3.05) is 13.7 Å². The minimum absolute atomic E-state index is 0.00248. The first-order chi connectivity index (χ1) is 11.8. The van der Waals surface area contributed by atoms with Gasteiger partial charge in [-0.3, -0.25) is 4.79 Å². The normalized spacial score (nSPS) is 12.3. The third-order valence-electron chi connectivity index (χ3n) is 5.00. The van der Waals surface area contributed by atoms with Crippen molar-refractivity contribution in [1.82, 2.24) is 5.32 Å². The maximum atomic E-state index is 11.6. The van der Waals surface area contributed by atoms with Crippen LogP contribution >= 0.6 is 0 Å². The molecule has 0 bridgehead atoms. The summed E-state index contributed by atoms with van der Waals surface area (Å²) in [6.45, 7) is 2.38. The molecule has 0 fully saturated rings. The molecule has 1 amide bonds. The summed E-state index contributed by atoms with van der Waals surface area (Å²) in [4.78, 5) is 11.6. The molecular formula is C21H43NO2. The summed E-state index contributed by atoms with van der Waals surface area (Å²) in [5.74, 6) is 0.0797. The molecule has 0 aromatic heterocycles. The predicted molar refractivity (Wildman–Crippen MR) is 104 cm³/mol. The van der Waals surface area contributed by atoms with Gasteiger partial charge < -0.3 is 10.4 Å². The molecule has 0 saturated carbocycles. The molecule has 0 aliphatic heterocycles. The smallest absolute Gasteiger partial charge is 0.222 e. The Morgan fingerprint density at radius 1 is 0.750 bits per heavy atom. The molecule has 144 valence electrons. The minimum Gasteiger partial charge on any atom is -0.396 e. The Bertz CT molecular complexity index is 269. The van der Waals surface area contributed by atoms with Crippen LogP contribution in [0.15, 0.2) is 0 Å². The Labute approximate surface area is 151 Å². The molecule has 0 saturated heterocycles. The standard InChI is InChI=1S/C21H43NO2/c1-3-4-5-6-7-8-9-10-11-12-13-14-15-16-17-20(18-19-23)21(24)22-2/h20,23H,3-19H2,1-2H3,(H,22,24). The SMILES string of the molecule is CCCCCCCCCCCCCCCCC(CCO)C(=O)NC. The second kappa shape index (κ2) is 18.8. The van der Waals surface area contributed by atoms with E-state index in [4.69, 9.17) is 5.11 Å². The Balaban J connectivity index is 3.28. The first kappa shape index (κ1) is 23.4. The van der Waals surface area contributed by atoms with Crippen LogP contribution in [0.25, 0.3) is 0 Å². The molecule has 1 atom stereocenters. The summed E-state index contributed by atoms with van der Waals surface area (Å²) in [7, 11) is 1.68. The average molecular weight is 342 g/mol. The minimum atomic E-state index is -0.00248. The number of aliphatic hydroxyl groups is 1. The molecule has 0 spiro atoms. The summed E-state index contributed by atoms with van der Waals surface area (Å²) >= 11 is 0. The van der Waals surface area contributed by atoms with Crippen molar-refractivity contribution >= 4 is 5.91 Å². The number of unbranched alkanes of at least 4 members (excludes halogenated alkanes) is 13. The molecule has 0 aliphatic carbocycles. The van der Waals surface area contributed by atoms with Crippen LogP contribution in [0.5, 0.6) is 0 Å². The number of aliphatic hydroxyl groups excluding tert-OH is 1. The van der Waals surface area contributed by atoms with E-state index in [9.17, 15) is 4.79 Å². The Morgan fingerprint density at radius 3 is 1.54 bits per heavy atom. The third-order valence-corrected chi connectivity index (χ3v) is 5.00. The van der Waals surface area contributed by atoms with Crippen molar-refractivity contribution in [2.45, 2.75) is 110 Å². The highest BCUT2D eigenvalue weighted by Gasteiger charge is 2.15. The van der Waals surface area contributed by atoms with E-state index in [1.165, 1.54) is 83.5 Å². The zero-order chi connectivity index (χ0) is 17.9. The van der Waals surface area contributed by atoms with Crippen LogP contribution < -0.4 is 5.32 Å². The third kappa shape index (κ3) is 15.0.